The summed E-state index contributed by atoms with van der Waals surface area (Å²) in [6.45, 7) is 6.31. The summed E-state index contributed by atoms with van der Waals surface area (Å²) in [4.78, 5) is 28.5. The van der Waals surface area contributed by atoms with Gasteiger partial charge in [0.15, 0.2) is 0 Å². The number of hydrogen-bond donors (Lipinski definition) is 2. The van der Waals surface area contributed by atoms with E-state index in [4.69, 9.17) is 4.74 Å². The lowest BCUT2D eigenvalue weighted by molar-refractivity contribution is -0.0187. The molecule has 0 saturated heterocycles. The highest BCUT2D eigenvalue weighted by atomic mass is 16.5. The predicted molar refractivity (Wildman–Crippen MR) is 71.6 cm³/mol. The summed E-state index contributed by atoms with van der Waals surface area (Å²) in [5.74, 6) is 1.50. The van der Waals surface area contributed by atoms with Crippen molar-refractivity contribution >= 4 is 0 Å². The molecular formula is C14H20N2O3. The molecular weight excluding hydrogens is 244 g/mol. The van der Waals surface area contributed by atoms with Crippen LogP contribution in [0.25, 0.3) is 0 Å². The average molecular weight is 264 g/mol. The van der Waals surface area contributed by atoms with Crippen LogP contribution in [0.15, 0.2) is 9.59 Å². The molecule has 1 aromatic heterocycles. The van der Waals surface area contributed by atoms with Crippen molar-refractivity contribution in [2.75, 3.05) is 0 Å². The van der Waals surface area contributed by atoms with E-state index in [0.29, 0.717) is 23.3 Å². The molecule has 2 heterocycles. The van der Waals surface area contributed by atoms with Crippen LogP contribution in [0.3, 0.4) is 0 Å². The van der Waals surface area contributed by atoms with Gasteiger partial charge in [-0.25, -0.2) is 4.79 Å². The molecule has 0 bridgehead atoms. The molecule has 0 radical (unpaired) electrons. The van der Waals surface area contributed by atoms with E-state index in [-0.39, 0.29) is 17.1 Å². The number of fused-ring (bicyclic) bond motifs is 3. The van der Waals surface area contributed by atoms with Crippen LogP contribution in [0.5, 0.6) is 5.88 Å². The Kier molecular flexibility index (Phi) is 2.62. The number of nitrogens with one attached hydrogen (secondary N) is 2. The summed E-state index contributed by atoms with van der Waals surface area (Å²) in [7, 11) is 0. The van der Waals surface area contributed by atoms with Crippen molar-refractivity contribution in [3.63, 3.8) is 0 Å². The summed E-state index contributed by atoms with van der Waals surface area (Å²) in [5, 5.41) is 0. The van der Waals surface area contributed by atoms with Crippen LogP contribution in [0.4, 0.5) is 0 Å². The lowest BCUT2D eigenvalue weighted by Crippen LogP contribution is -2.49. The largest absolute Gasteiger partial charge is 0.472 e. The molecule has 1 aromatic rings. The van der Waals surface area contributed by atoms with E-state index in [9.17, 15) is 9.59 Å². The molecule has 1 fully saturated rings. The molecule has 0 amide bonds. The fourth-order valence-corrected chi connectivity index (χ4v) is 3.76. The quantitative estimate of drug-likeness (QED) is 0.749. The minimum Gasteiger partial charge on any atom is -0.472 e. The van der Waals surface area contributed by atoms with Crippen LogP contribution in [-0.4, -0.2) is 15.6 Å². The van der Waals surface area contributed by atoms with Gasteiger partial charge in [-0.2, -0.15) is 0 Å². The number of rotatable bonds is 0. The Balaban J connectivity index is 2.18. The van der Waals surface area contributed by atoms with Crippen LogP contribution in [0, 0.1) is 11.8 Å². The number of aromatic amines is 2. The first-order valence-corrected chi connectivity index (χ1v) is 6.94. The second-order valence-electron chi connectivity index (χ2n) is 6.49. The van der Waals surface area contributed by atoms with Crippen molar-refractivity contribution < 1.29 is 4.74 Å². The predicted octanol–water partition coefficient (Wildman–Crippen LogP) is 1.75. The molecule has 2 aliphatic rings. The SMILES string of the molecule is C[C@H]1CC[C@H]2[C@@H](C1)c1c([nH]c(=O)[nH]c1=O)OC2(C)C. The van der Waals surface area contributed by atoms with Crippen LogP contribution in [0.1, 0.15) is 51.5 Å². The van der Waals surface area contributed by atoms with E-state index >= 15 is 0 Å². The fourth-order valence-electron chi connectivity index (χ4n) is 3.76. The molecule has 1 aliphatic heterocycles. The Bertz CT molecular complexity index is 614. The van der Waals surface area contributed by atoms with Gasteiger partial charge in [0.2, 0.25) is 5.88 Å². The van der Waals surface area contributed by atoms with Gasteiger partial charge in [-0.1, -0.05) is 13.3 Å². The summed E-state index contributed by atoms with van der Waals surface area (Å²) < 4.78 is 5.91. The highest BCUT2D eigenvalue weighted by molar-refractivity contribution is 5.32. The maximum absolute atomic E-state index is 12.1. The molecule has 3 atom stereocenters. The van der Waals surface area contributed by atoms with Crippen molar-refractivity contribution in [3.05, 3.63) is 26.4 Å². The molecule has 3 rings (SSSR count). The molecule has 104 valence electrons. The third-order valence-corrected chi connectivity index (χ3v) is 4.68. The second-order valence-corrected chi connectivity index (χ2v) is 6.49. The third-order valence-electron chi connectivity index (χ3n) is 4.68. The van der Waals surface area contributed by atoms with Crippen LogP contribution in [0.2, 0.25) is 0 Å². The van der Waals surface area contributed by atoms with Crippen molar-refractivity contribution in [2.45, 2.75) is 51.6 Å². The summed E-state index contributed by atoms with van der Waals surface area (Å²) >= 11 is 0. The lowest BCUT2D eigenvalue weighted by Gasteiger charge is -2.47. The topological polar surface area (TPSA) is 75.0 Å². The fraction of sp³-hybridized carbons (Fsp3) is 0.714. The van der Waals surface area contributed by atoms with E-state index in [1.165, 1.54) is 6.42 Å². The van der Waals surface area contributed by atoms with Crippen LogP contribution < -0.4 is 16.0 Å². The van der Waals surface area contributed by atoms with Gasteiger partial charge in [0, 0.05) is 11.8 Å². The van der Waals surface area contributed by atoms with E-state index in [1.807, 2.05) is 13.8 Å². The molecule has 1 saturated carbocycles. The van der Waals surface area contributed by atoms with Gasteiger partial charge in [0.1, 0.15) is 5.60 Å². The average Bonchev–Trinajstić information content (AvgIpc) is 2.25. The Morgan fingerprint density at radius 3 is 2.68 bits per heavy atom. The molecule has 5 heteroatoms. The number of hydrogen-bond acceptors (Lipinski definition) is 3. The highest BCUT2D eigenvalue weighted by Crippen LogP contribution is 2.50. The Labute approximate surface area is 111 Å². The van der Waals surface area contributed by atoms with Gasteiger partial charge >= 0.3 is 5.69 Å². The van der Waals surface area contributed by atoms with Crippen molar-refractivity contribution in [2.24, 2.45) is 11.8 Å². The van der Waals surface area contributed by atoms with Crippen molar-refractivity contribution in [1.82, 2.24) is 9.97 Å². The monoisotopic (exact) mass is 264 g/mol. The summed E-state index contributed by atoms with van der Waals surface area (Å²) in [6, 6.07) is 0. The zero-order valence-corrected chi connectivity index (χ0v) is 11.6. The number of aromatic nitrogens is 2. The first-order chi connectivity index (χ1) is 8.88. The minimum atomic E-state index is -0.498. The molecule has 0 aromatic carbocycles. The van der Waals surface area contributed by atoms with Crippen molar-refractivity contribution in [3.8, 4) is 5.88 Å². The maximum atomic E-state index is 12.1. The Hall–Kier alpha value is -1.52. The Morgan fingerprint density at radius 1 is 1.21 bits per heavy atom. The Morgan fingerprint density at radius 2 is 1.95 bits per heavy atom. The minimum absolute atomic E-state index is 0.183. The van der Waals surface area contributed by atoms with E-state index in [0.717, 1.165) is 12.8 Å². The lowest BCUT2D eigenvalue weighted by atomic mass is 9.65. The van der Waals surface area contributed by atoms with E-state index < -0.39 is 5.69 Å². The molecule has 1 aliphatic carbocycles. The number of ether oxygens (including phenoxy) is 1. The van der Waals surface area contributed by atoms with Crippen LogP contribution in [-0.2, 0) is 0 Å². The van der Waals surface area contributed by atoms with E-state index in [1.54, 1.807) is 0 Å². The third kappa shape index (κ3) is 1.91. The molecule has 19 heavy (non-hydrogen) atoms. The van der Waals surface area contributed by atoms with Gasteiger partial charge in [-0.05, 0) is 32.6 Å². The number of H-pyrrole nitrogens is 2. The standard InChI is InChI=1S/C14H20N2O3/c1-7-4-5-9-8(6-7)10-11(17)15-13(18)16-12(10)19-14(9,2)3/h7-9H,4-6H2,1-3H3,(H2,15,16,17,18)/t7-,8+,9-/m0/s1. The zero-order chi connectivity index (χ0) is 13.8. The second kappa shape index (κ2) is 3.99. The van der Waals surface area contributed by atoms with Crippen LogP contribution >= 0.6 is 0 Å². The molecule has 0 spiro atoms. The molecule has 5 nitrogen and oxygen atoms in total. The molecule has 2 N–H and O–H groups in total. The normalized spacial score (nSPS) is 32.1. The first kappa shape index (κ1) is 12.5. The zero-order valence-electron chi connectivity index (χ0n) is 11.6. The van der Waals surface area contributed by atoms with Gasteiger partial charge in [-0.3, -0.25) is 14.8 Å². The molecule has 0 unspecified atom stereocenters. The maximum Gasteiger partial charge on any atom is 0.328 e. The van der Waals surface area contributed by atoms with Gasteiger partial charge in [-0.15, -0.1) is 0 Å². The first-order valence-electron chi connectivity index (χ1n) is 6.94. The van der Waals surface area contributed by atoms with E-state index in [2.05, 4.69) is 16.9 Å². The summed E-state index contributed by atoms with van der Waals surface area (Å²) in [5.41, 5.74) is -0.496. The van der Waals surface area contributed by atoms with Gasteiger partial charge < -0.3 is 4.74 Å². The van der Waals surface area contributed by atoms with Crippen molar-refractivity contribution in [1.29, 1.82) is 0 Å². The van der Waals surface area contributed by atoms with Gasteiger partial charge in [0.25, 0.3) is 5.56 Å². The van der Waals surface area contributed by atoms with Gasteiger partial charge in [0.05, 0.1) is 5.56 Å². The highest BCUT2D eigenvalue weighted by Gasteiger charge is 2.47. The summed E-state index contributed by atoms with van der Waals surface area (Å²) in [6.07, 6.45) is 3.22. The smallest absolute Gasteiger partial charge is 0.328 e.